The first kappa shape index (κ1) is 20.8. The lowest BCUT2D eigenvalue weighted by Crippen LogP contribution is -2.26. The highest BCUT2D eigenvalue weighted by atomic mass is 32.2. The third-order valence-corrected chi connectivity index (χ3v) is 8.41. The monoisotopic (exact) mass is 404 g/mol. The minimum Gasteiger partial charge on any atom is -0.326 e. The zero-order valence-corrected chi connectivity index (χ0v) is 16.5. The highest BCUT2D eigenvalue weighted by Crippen LogP contribution is 2.25. The van der Waals surface area contributed by atoms with E-state index in [1.807, 2.05) is 0 Å². The second-order valence-electron chi connectivity index (χ2n) is 6.19. The molecule has 0 atom stereocenters. The van der Waals surface area contributed by atoms with Crippen molar-refractivity contribution in [3.8, 4) is 0 Å². The predicted molar refractivity (Wildman–Crippen MR) is 97.7 cm³/mol. The molecule has 26 heavy (non-hydrogen) atoms. The summed E-state index contributed by atoms with van der Waals surface area (Å²) in [7, 11) is -4.48. The molecule has 0 radical (unpaired) electrons. The summed E-state index contributed by atoms with van der Waals surface area (Å²) >= 11 is 0. The molecule has 2 rings (SSSR count). The van der Waals surface area contributed by atoms with Gasteiger partial charge < -0.3 is 5.32 Å². The van der Waals surface area contributed by atoms with Crippen molar-refractivity contribution in [2.45, 2.75) is 42.2 Å². The molecule has 1 N–H and O–H groups in total. The number of carbonyl (C=O) groups excluding carboxylic acids is 1. The zero-order chi connectivity index (χ0) is 19.4. The van der Waals surface area contributed by atoms with Crippen LogP contribution in [0.25, 0.3) is 0 Å². The fraction of sp³-hybridized carbons (Fsp3) is 0.562. The molecule has 0 bridgehead atoms. The van der Waals surface area contributed by atoms with Gasteiger partial charge in [0.25, 0.3) is 10.0 Å². The number of nitrogens with one attached hydrogen (secondary N) is 1. The van der Waals surface area contributed by atoms with Gasteiger partial charge in [-0.25, -0.2) is 16.8 Å². The summed E-state index contributed by atoms with van der Waals surface area (Å²) < 4.78 is 49.2. The van der Waals surface area contributed by atoms with Crippen molar-refractivity contribution in [3.63, 3.8) is 0 Å². The molecule has 1 saturated carbocycles. The van der Waals surface area contributed by atoms with Crippen LogP contribution in [-0.4, -0.2) is 52.4 Å². The van der Waals surface area contributed by atoms with Gasteiger partial charge in [0, 0.05) is 19.2 Å². The lowest BCUT2D eigenvalue weighted by molar-refractivity contribution is -0.115. The van der Waals surface area contributed by atoms with Crippen LogP contribution in [0.1, 0.15) is 32.1 Å². The lowest BCUT2D eigenvalue weighted by atomic mass is 10.3. The quantitative estimate of drug-likeness (QED) is 0.659. The number of benzene rings is 1. The number of nitrogens with zero attached hydrogens (tertiary/aromatic N) is 1. The summed E-state index contributed by atoms with van der Waals surface area (Å²) in [5.41, 5.74) is 0.396. The number of rotatable bonds is 8. The van der Waals surface area contributed by atoms with Crippen molar-refractivity contribution in [1.82, 2.24) is 4.47 Å². The molecule has 1 aromatic rings. The molecule has 0 heterocycles. The zero-order valence-electron chi connectivity index (χ0n) is 14.8. The first-order chi connectivity index (χ1) is 12.2. The van der Waals surface area contributed by atoms with E-state index < -0.39 is 25.8 Å². The van der Waals surface area contributed by atoms with Crippen LogP contribution >= 0.6 is 0 Å². The Morgan fingerprint density at radius 2 is 1.73 bits per heavy atom. The van der Waals surface area contributed by atoms with E-state index in [4.69, 9.17) is 0 Å². The van der Waals surface area contributed by atoms with Gasteiger partial charge in [0.2, 0.25) is 5.91 Å². The van der Waals surface area contributed by atoms with Crippen molar-refractivity contribution in [2.75, 3.05) is 25.2 Å². The smallest absolute Gasteiger partial charge is 0.264 e. The molecule has 0 aliphatic heterocycles. The average Bonchev–Trinajstić information content (AvgIpc) is 3.15. The van der Waals surface area contributed by atoms with Crippen molar-refractivity contribution in [3.05, 3.63) is 24.3 Å². The van der Waals surface area contributed by atoms with Crippen LogP contribution in [0.3, 0.4) is 0 Å². The van der Waals surface area contributed by atoms with Crippen LogP contribution in [0.5, 0.6) is 0 Å². The Morgan fingerprint density at radius 1 is 1.15 bits per heavy atom. The Hall–Kier alpha value is -1.49. The van der Waals surface area contributed by atoms with E-state index in [1.165, 1.54) is 38.4 Å². The summed E-state index contributed by atoms with van der Waals surface area (Å²) in [5.74, 6) is -0.592. The molecule has 0 saturated heterocycles. The summed E-state index contributed by atoms with van der Waals surface area (Å²) in [6.07, 6.45) is 3.07. The third kappa shape index (κ3) is 5.03. The van der Waals surface area contributed by atoms with E-state index >= 15 is 0 Å². The van der Waals surface area contributed by atoms with Crippen molar-refractivity contribution in [2.24, 2.45) is 0 Å². The van der Waals surface area contributed by atoms with Crippen LogP contribution in [0.2, 0.25) is 0 Å². The predicted octanol–water partition coefficient (Wildman–Crippen LogP) is 1.55. The Bertz CT molecular complexity index is 828. The molecule has 0 aromatic heterocycles. The Labute approximate surface area is 154 Å². The second kappa shape index (κ2) is 8.47. The number of hydrogen-bond acceptors (Lipinski definition) is 6. The van der Waals surface area contributed by atoms with Crippen LogP contribution < -0.4 is 5.32 Å². The topological polar surface area (TPSA) is 110 Å². The maximum absolute atomic E-state index is 12.2. The minimum absolute atomic E-state index is 0.0173. The van der Waals surface area contributed by atoms with Gasteiger partial charge in [0.15, 0.2) is 9.84 Å². The van der Waals surface area contributed by atoms with Gasteiger partial charge in [0.05, 0.1) is 23.0 Å². The van der Waals surface area contributed by atoms with E-state index in [2.05, 4.69) is 10.2 Å². The number of anilines is 1. The SMILES string of the molecule is CON(C)S(=O)(=O)c1ccc(NC(=O)CCS(=O)(=O)C2CCCC2)cc1. The molecule has 0 unspecified atom stereocenters. The Kier molecular flexibility index (Phi) is 6.78. The largest absolute Gasteiger partial charge is 0.326 e. The number of sulfone groups is 1. The maximum atomic E-state index is 12.2. The molecule has 0 spiro atoms. The van der Waals surface area contributed by atoms with Gasteiger partial charge in [-0.3, -0.25) is 9.63 Å². The van der Waals surface area contributed by atoms with Crippen molar-refractivity contribution in [1.29, 1.82) is 0 Å². The number of carbonyl (C=O) groups is 1. The second-order valence-corrected chi connectivity index (χ2v) is 10.5. The number of hydroxylamine groups is 1. The standard InChI is InChI=1S/C16H24N2O6S2/c1-18(24-2)26(22,23)15-9-7-13(8-10-15)17-16(19)11-12-25(20,21)14-5-3-4-6-14/h7-10,14H,3-6,11-12H2,1-2H3,(H,17,19). The van der Waals surface area contributed by atoms with Crippen molar-refractivity contribution < 1.29 is 26.5 Å². The first-order valence-corrected chi connectivity index (χ1v) is 11.5. The highest BCUT2D eigenvalue weighted by Gasteiger charge is 2.28. The average molecular weight is 405 g/mol. The Morgan fingerprint density at radius 3 is 2.27 bits per heavy atom. The van der Waals surface area contributed by atoms with E-state index in [-0.39, 0.29) is 22.3 Å². The van der Waals surface area contributed by atoms with Gasteiger partial charge >= 0.3 is 0 Å². The van der Waals surface area contributed by atoms with Gasteiger partial charge in [0.1, 0.15) is 0 Å². The summed E-state index contributed by atoms with van der Waals surface area (Å²) in [6.45, 7) is 0. The molecular weight excluding hydrogens is 380 g/mol. The van der Waals surface area contributed by atoms with Gasteiger partial charge in [-0.15, -0.1) is 0 Å². The van der Waals surface area contributed by atoms with Gasteiger partial charge in [-0.2, -0.15) is 0 Å². The summed E-state index contributed by atoms with van der Waals surface area (Å²) in [4.78, 5) is 16.7. The fourth-order valence-corrected chi connectivity index (χ4v) is 5.66. The summed E-state index contributed by atoms with van der Waals surface area (Å²) in [5, 5.41) is 2.26. The molecule has 8 nitrogen and oxygen atoms in total. The molecule has 1 amide bonds. The first-order valence-electron chi connectivity index (χ1n) is 8.31. The van der Waals surface area contributed by atoms with Crippen LogP contribution in [0.4, 0.5) is 5.69 Å². The van der Waals surface area contributed by atoms with E-state index in [9.17, 15) is 21.6 Å². The van der Waals surface area contributed by atoms with Crippen LogP contribution in [0, 0.1) is 0 Å². The van der Waals surface area contributed by atoms with Gasteiger partial charge in [-0.1, -0.05) is 17.3 Å². The van der Waals surface area contributed by atoms with E-state index in [0.717, 1.165) is 17.3 Å². The maximum Gasteiger partial charge on any atom is 0.264 e. The fourth-order valence-electron chi connectivity index (χ4n) is 2.83. The lowest BCUT2D eigenvalue weighted by Gasteiger charge is -2.14. The number of hydrogen-bond donors (Lipinski definition) is 1. The molecule has 10 heteroatoms. The van der Waals surface area contributed by atoms with E-state index in [1.54, 1.807) is 0 Å². The highest BCUT2D eigenvalue weighted by molar-refractivity contribution is 7.92. The Balaban J connectivity index is 1.93. The van der Waals surface area contributed by atoms with Crippen molar-refractivity contribution >= 4 is 31.5 Å². The van der Waals surface area contributed by atoms with Gasteiger partial charge in [-0.05, 0) is 37.1 Å². The van der Waals surface area contributed by atoms with E-state index in [0.29, 0.717) is 18.5 Å². The molecule has 1 aliphatic carbocycles. The third-order valence-electron chi connectivity index (χ3n) is 4.46. The molecule has 146 valence electrons. The van der Waals surface area contributed by atoms with Crippen LogP contribution in [0.15, 0.2) is 29.2 Å². The number of sulfonamides is 1. The number of amides is 1. The molecule has 1 fully saturated rings. The normalized spacial score (nSPS) is 16.1. The molecule has 1 aromatic carbocycles. The molecular formula is C16H24N2O6S2. The summed E-state index contributed by atoms with van der Waals surface area (Å²) in [6, 6.07) is 5.57. The van der Waals surface area contributed by atoms with Crippen LogP contribution in [-0.2, 0) is 29.5 Å². The molecule has 1 aliphatic rings. The minimum atomic E-state index is -3.75.